The lowest BCUT2D eigenvalue weighted by molar-refractivity contribution is -0.0497. The number of aryl methyl sites for hydroxylation is 1. The second-order valence-corrected chi connectivity index (χ2v) is 8.67. The highest BCUT2D eigenvalue weighted by molar-refractivity contribution is 7.85. The molecule has 1 saturated carbocycles. The van der Waals surface area contributed by atoms with Crippen LogP contribution in [0.15, 0.2) is 24.3 Å². The number of hydrogen-bond acceptors (Lipinski definition) is 4. The molecule has 1 aromatic heterocycles. The van der Waals surface area contributed by atoms with Crippen LogP contribution in [0.1, 0.15) is 38.3 Å². The molecule has 1 aliphatic rings. The molecule has 7 heteroatoms. The van der Waals surface area contributed by atoms with E-state index in [0.29, 0.717) is 5.75 Å². The van der Waals surface area contributed by atoms with E-state index in [1.165, 1.54) is 6.07 Å². The van der Waals surface area contributed by atoms with Crippen LogP contribution in [0.5, 0.6) is 5.75 Å². The second-order valence-electron chi connectivity index (χ2n) is 6.67. The molecule has 0 aliphatic heterocycles. The summed E-state index contributed by atoms with van der Waals surface area (Å²) in [6.45, 7) is 1.01. The zero-order chi connectivity index (χ0) is 18.7. The van der Waals surface area contributed by atoms with Crippen LogP contribution in [0, 0.1) is 6.92 Å². The maximum absolute atomic E-state index is 12.5. The van der Waals surface area contributed by atoms with Gasteiger partial charge in [-0.25, -0.2) is 0 Å². The molecule has 0 amide bonds. The van der Waals surface area contributed by atoms with Gasteiger partial charge in [0.25, 0.3) is 0 Å². The Bertz CT molecular complexity index is 800. The molecule has 1 aromatic carbocycles. The maximum atomic E-state index is 12.5. The van der Waals surface area contributed by atoms with Gasteiger partial charge in [0.2, 0.25) is 0 Å². The van der Waals surface area contributed by atoms with E-state index in [-0.39, 0.29) is 17.0 Å². The van der Waals surface area contributed by atoms with Gasteiger partial charge in [0.15, 0.2) is 0 Å². The number of benzene rings is 1. The van der Waals surface area contributed by atoms with Crippen LogP contribution in [-0.2, 0) is 10.8 Å². The first-order valence-electron chi connectivity index (χ1n) is 8.96. The molecule has 1 heterocycles. The van der Waals surface area contributed by atoms with Gasteiger partial charge < -0.3 is 10.1 Å². The lowest BCUT2D eigenvalue weighted by Gasteiger charge is -2.30. The summed E-state index contributed by atoms with van der Waals surface area (Å²) in [5.41, 5.74) is 2.45. The standard InChI is InChI=1S/C19H24F2N2O2S/c1-3-26(24)15-6-4-5-13(10-15)23-18-9-12(2)22-17-8-7-14(11-16(17)18)25-19(20)21/h7-9,11,13,15,19H,3-6,10H2,1-2H3,(H,22,23). The van der Waals surface area contributed by atoms with Crippen LogP contribution in [0.4, 0.5) is 14.5 Å². The van der Waals surface area contributed by atoms with E-state index in [4.69, 9.17) is 0 Å². The van der Waals surface area contributed by atoms with Gasteiger partial charge >= 0.3 is 6.61 Å². The summed E-state index contributed by atoms with van der Waals surface area (Å²) in [6.07, 6.45) is 3.90. The molecule has 2 aromatic rings. The molecule has 4 nitrogen and oxygen atoms in total. The summed E-state index contributed by atoms with van der Waals surface area (Å²) >= 11 is 0. The first-order valence-corrected chi connectivity index (χ1v) is 10.3. The van der Waals surface area contributed by atoms with Crippen molar-refractivity contribution in [2.75, 3.05) is 11.1 Å². The van der Waals surface area contributed by atoms with E-state index in [2.05, 4.69) is 15.0 Å². The molecule has 1 N–H and O–H groups in total. The summed E-state index contributed by atoms with van der Waals surface area (Å²) in [5, 5.41) is 4.51. The molecular formula is C19H24F2N2O2S. The number of alkyl halides is 2. The highest BCUT2D eigenvalue weighted by atomic mass is 32.2. The zero-order valence-corrected chi connectivity index (χ0v) is 15.8. The van der Waals surface area contributed by atoms with Crippen molar-refractivity contribution in [1.82, 2.24) is 4.98 Å². The number of nitrogens with one attached hydrogen (secondary N) is 1. The second kappa shape index (κ2) is 8.29. The minimum absolute atomic E-state index is 0.120. The van der Waals surface area contributed by atoms with Crippen LogP contribution < -0.4 is 10.1 Å². The van der Waals surface area contributed by atoms with Crippen molar-refractivity contribution >= 4 is 27.4 Å². The van der Waals surface area contributed by atoms with Gasteiger partial charge in [-0.2, -0.15) is 8.78 Å². The minimum atomic E-state index is -2.86. The van der Waals surface area contributed by atoms with Crippen molar-refractivity contribution in [2.45, 2.75) is 57.4 Å². The highest BCUT2D eigenvalue weighted by Crippen LogP contribution is 2.31. The Morgan fingerprint density at radius 3 is 2.88 bits per heavy atom. The predicted octanol–water partition coefficient (Wildman–Crippen LogP) is 4.64. The smallest absolute Gasteiger partial charge is 0.387 e. The number of rotatable bonds is 6. The van der Waals surface area contributed by atoms with Gasteiger partial charge in [-0.15, -0.1) is 0 Å². The van der Waals surface area contributed by atoms with Crippen LogP contribution in [0.25, 0.3) is 10.9 Å². The van der Waals surface area contributed by atoms with Crippen molar-refractivity contribution in [3.05, 3.63) is 30.0 Å². The lowest BCUT2D eigenvalue weighted by Crippen LogP contribution is -2.33. The summed E-state index contributed by atoms with van der Waals surface area (Å²) < 4.78 is 41.8. The third kappa shape index (κ3) is 4.50. The van der Waals surface area contributed by atoms with E-state index < -0.39 is 17.4 Å². The summed E-state index contributed by atoms with van der Waals surface area (Å²) in [4.78, 5) is 4.47. The Morgan fingerprint density at radius 2 is 2.15 bits per heavy atom. The minimum Gasteiger partial charge on any atom is -0.435 e. The van der Waals surface area contributed by atoms with Crippen LogP contribution in [0.2, 0.25) is 0 Å². The molecule has 1 aliphatic carbocycles. The van der Waals surface area contributed by atoms with Crippen molar-refractivity contribution in [3.8, 4) is 5.75 Å². The number of fused-ring (bicyclic) bond motifs is 1. The van der Waals surface area contributed by atoms with Crippen LogP contribution in [0.3, 0.4) is 0 Å². The quantitative estimate of drug-likeness (QED) is 0.791. The first kappa shape index (κ1) is 19.0. The van der Waals surface area contributed by atoms with Crippen molar-refractivity contribution in [3.63, 3.8) is 0 Å². The molecule has 142 valence electrons. The average molecular weight is 382 g/mol. The van der Waals surface area contributed by atoms with E-state index >= 15 is 0 Å². The fraction of sp³-hybridized carbons (Fsp3) is 0.526. The molecule has 3 rings (SSSR count). The molecule has 0 spiro atoms. The number of nitrogens with zero attached hydrogens (tertiary/aromatic N) is 1. The molecule has 3 unspecified atom stereocenters. The van der Waals surface area contributed by atoms with E-state index in [1.807, 2.05) is 19.9 Å². The van der Waals surface area contributed by atoms with Gasteiger partial charge in [0.05, 0.1) is 5.52 Å². The summed E-state index contributed by atoms with van der Waals surface area (Å²) in [6, 6.07) is 6.94. The molecule has 26 heavy (non-hydrogen) atoms. The number of halogens is 2. The zero-order valence-electron chi connectivity index (χ0n) is 15.0. The molecule has 3 atom stereocenters. The maximum Gasteiger partial charge on any atom is 0.387 e. The van der Waals surface area contributed by atoms with E-state index in [0.717, 1.165) is 48.0 Å². The summed E-state index contributed by atoms with van der Waals surface area (Å²) in [5.74, 6) is 0.804. The Balaban J connectivity index is 1.87. The number of hydrogen-bond donors (Lipinski definition) is 1. The van der Waals surface area contributed by atoms with E-state index in [1.54, 1.807) is 12.1 Å². The first-order chi connectivity index (χ1) is 12.5. The third-order valence-electron chi connectivity index (χ3n) is 4.78. The van der Waals surface area contributed by atoms with Gasteiger partial charge in [-0.1, -0.05) is 13.3 Å². The average Bonchev–Trinajstić information content (AvgIpc) is 2.61. The Labute approximate surface area is 154 Å². The van der Waals surface area contributed by atoms with Crippen LogP contribution >= 0.6 is 0 Å². The van der Waals surface area contributed by atoms with Gasteiger partial charge in [-0.05, 0) is 50.5 Å². The molecule has 1 fully saturated rings. The normalized spacial score (nSPS) is 21.7. The number of ether oxygens (including phenoxy) is 1. The third-order valence-corrected chi connectivity index (χ3v) is 6.52. The van der Waals surface area contributed by atoms with Crippen LogP contribution in [-0.4, -0.2) is 32.8 Å². The summed E-state index contributed by atoms with van der Waals surface area (Å²) in [7, 11) is -0.790. The molecule has 0 radical (unpaired) electrons. The lowest BCUT2D eigenvalue weighted by atomic mass is 9.94. The van der Waals surface area contributed by atoms with Gasteiger partial charge in [0, 0.05) is 44.6 Å². The van der Waals surface area contributed by atoms with Crippen molar-refractivity contribution in [2.24, 2.45) is 0 Å². The van der Waals surface area contributed by atoms with Gasteiger partial charge in [-0.3, -0.25) is 9.19 Å². The SMILES string of the molecule is CCS(=O)C1CCCC(Nc2cc(C)nc3ccc(OC(F)F)cc23)C1. The Morgan fingerprint density at radius 1 is 1.35 bits per heavy atom. The fourth-order valence-corrected chi connectivity index (χ4v) is 4.95. The largest absolute Gasteiger partial charge is 0.435 e. The number of aromatic nitrogens is 1. The van der Waals surface area contributed by atoms with E-state index in [9.17, 15) is 13.0 Å². The topological polar surface area (TPSA) is 51.2 Å². The molecule has 0 saturated heterocycles. The van der Waals surface area contributed by atoms with Crippen molar-refractivity contribution in [1.29, 1.82) is 0 Å². The Hall–Kier alpha value is -1.76. The number of anilines is 1. The fourth-order valence-electron chi connectivity index (χ4n) is 3.60. The Kier molecular flexibility index (Phi) is 6.06. The predicted molar refractivity (Wildman–Crippen MR) is 101 cm³/mol. The number of pyridine rings is 1. The van der Waals surface area contributed by atoms with Crippen molar-refractivity contribution < 1.29 is 17.7 Å². The molecular weight excluding hydrogens is 358 g/mol. The molecule has 0 bridgehead atoms. The monoisotopic (exact) mass is 382 g/mol. The van der Waals surface area contributed by atoms with Gasteiger partial charge in [0.1, 0.15) is 5.75 Å². The highest BCUT2D eigenvalue weighted by Gasteiger charge is 2.26.